The zero-order valence-corrected chi connectivity index (χ0v) is 6.62. The number of alkyl halides is 1. The quantitative estimate of drug-likeness (QED) is 0.477. The summed E-state index contributed by atoms with van der Waals surface area (Å²) in [6.45, 7) is 0.356. The molecule has 5 heteroatoms. The number of tetrazole rings is 1. The van der Waals surface area contributed by atoms with Crippen molar-refractivity contribution in [1.82, 2.24) is 20.2 Å². The number of terminal acetylenes is 1. The van der Waals surface area contributed by atoms with Gasteiger partial charge < -0.3 is 0 Å². The molecule has 0 N–H and O–H groups in total. The number of hydrogen-bond donors (Lipinski definition) is 0. The molecule has 0 amide bonds. The Morgan fingerprint density at radius 3 is 3.09 bits per heavy atom. The normalized spacial score (nSPS) is 9.45. The molecule has 11 heavy (non-hydrogen) atoms. The Morgan fingerprint density at radius 1 is 1.64 bits per heavy atom. The Labute approximate surface area is 69.5 Å². The summed E-state index contributed by atoms with van der Waals surface area (Å²) in [5.41, 5.74) is 0. The standard InChI is InChI=1S/C6H7ClN4/c1-2-5-11-9-6(3-4-7)8-10-11/h1H,3-5H2. The molecule has 0 saturated heterocycles. The predicted octanol–water partition coefficient (Wildman–Crippen LogP) is 0.0876. The Hall–Kier alpha value is -1.08. The van der Waals surface area contributed by atoms with Gasteiger partial charge in [-0.25, -0.2) is 0 Å². The highest BCUT2D eigenvalue weighted by Gasteiger charge is 1.98. The molecule has 1 rings (SSSR count). The Morgan fingerprint density at radius 2 is 2.45 bits per heavy atom. The van der Waals surface area contributed by atoms with Crippen LogP contribution in [0, 0.1) is 12.3 Å². The van der Waals surface area contributed by atoms with Crippen molar-refractivity contribution in [3.8, 4) is 12.3 Å². The monoisotopic (exact) mass is 170 g/mol. The fourth-order valence-electron chi connectivity index (χ4n) is 0.610. The number of rotatable bonds is 3. The molecule has 0 aromatic carbocycles. The number of halogens is 1. The maximum atomic E-state index is 5.47. The van der Waals surface area contributed by atoms with Crippen LogP contribution >= 0.6 is 11.6 Å². The van der Waals surface area contributed by atoms with Crippen molar-refractivity contribution in [2.75, 3.05) is 5.88 Å². The zero-order valence-electron chi connectivity index (χ0n) is 5.87. The van der Waals surface area contributed by atoms with Gasteiger partial charge in [-0.1, -0.05) is 5.92 Å². The van der Waals surface area contributed by atoms with E-state index < -0.39 is 0 Å². The molecule has 0 aliphatic carbocycles. The number of hydrogen-bond acceptors (Lipinski definition) is 3. The summed E-state index contributed by atoms with van der Waals surface area (Å²) in [4.78, 5) is 1.36. The third-order valence-electron chi connectivity index (χ3n) is 1.05. The molecule has 0 bridgehead atoms. The largest absolute Gasteiger partial charge is 0.176 e. The van der Waals surface area contributed by atoms with Gasteiger partial charge in [0.15, 0.2) is 5.82 Å². The molecular weight excluding hydrogens is 164 g/mol. The lowest BCUT2D eigenvalue weighted by molar-refractivity contribution is 0.590. The van der Waals surface area contributed by atoms with Crippen LogP contribution in [0.15, 0.2) is 0 Å². The van der Waals surface area contributed by atoms with Crippen LogP contribution in [0.1, 0.15) is 5.82 Å². The topological polar surface area (TPSA) is 43.6 Å². The Bertz CT molecular complexity index is 262. The molecular formula is C6H7ClN4. The summed E-state index contributed by atoms with van der Waals surface area (Å²) in [5, 5.41) is 11.4. The molecule has 0 saturated carbocycles. The Balaban J connectivity index is 2.60. The van der Waals surface area contributed by atoms with E-state index in [1.54, 1.807) is 0 Å². The van der Waals surface area contributed by atoms with Crippen molar-refractivity contribution >= 4 is 11.6 Å². The van der Waals surface area contributed by atoms with Gasteiger partial charge in [-0.2, -0.15) is 4.80 Å². The highest BCUT2D eigenvalue weighted by molar-refractivity contribution is 6.17. The molecule has 0 atom stereocenters. The average molecular weight is 171 g/mol. The van der Waals surface area contributed by atoms with E-state index >= 15 is 0 Å². The molecule has 0 aliphatic rings. The van der Waals surface area contributed by atoms with Gasteiger partial charge in [0.25, 0.3) is 0 Å². The van der Waals surface area contributed by atoms with E-state index in [1.165, 1.54) is 4.80 Å². The number of nitrogens with zero attached hydrogens (tertiary/aromatic N) is 4. The lowest BCUT2D eigenvalue weighted by Gasteiger charge is -1.86. The van der Waals surface area contributed by atoms with E-state index in [-0.39, 0.29) is 0 Å². The van der Waals surface area contributed by atoms with Crippen molar-refractivity contribution < 1.29 is 0 Å². The molecule has 1 heterocycles. The summed E-state index contributed by atoms with van der Waals surface area (Å²) in [6, 6.07) is 0. The molecule has 1 aromatic heterocycles. The molecule has 4 nitrogen and oxygen atoms in total. The van der Waals surface area contributed by atoms with Crippen LogP contribution in [0.4, 0.5) is 0 Å². The van der Waals surface area contributed by atoms with E-state index in [9.17, 15) is 0 Å². The van der Waals surface area contributed by atoms with Crippen molar-refractivity contribution in [3.05, 3.63) is 5.82 Å². The molecule has 0 spiro atoms. The molecule has 58 valence electrons. The van der Waals surface area contributed by atoms with Gasteiger partial charge in [0.05, 0.1) is 0 Å². The van der Waals surface area contributed by atoms with Gasteiger partial charge in [-0.15, -0.1) is 28.2 Å². The maximum Gasteiger partial charge on any atom is 0.176 e. The maximum absolute atomic E-state index is 5.47. The summed E-state index contributed by atoms with van der Waals surface area (Å²) in [7, 11) is 0. The highest BCUT2D eigenvalue weighted by atomic mass is 35.5. The van der Waals surface area contributed by atoms with Gasteiger partial charge in [0.2, 0.25) is 0 Å². The van der Waals surface area contributed by atoms with Crippen molar-refractivity contribution in [2.24, 2.45) is 0 Å². The first-order chi connectivity index (χ1) is 5.36. The molecule has 1 aromatic rings. The smallest absolute Gasteiger partial charge is 0.152 e. The van der Waals surface area contributed by atoms with Crippen LogP contribution in [-0.4, -0.2) is 26.1 Å². The minimum atomic E-state index is 0.356. The third-order valence-corrected chi connectivity index (χ3v) is 1.23. The van der Waals surface area contributed by atoms with Crippen LogP contribution in [0.25, 0.3) is 0 Å². The number of aromatic nitrogens is 4. The zero-order chi connectivity index (χ0) is 8.10. The fraction of sp³-hybridized carbons (Fsp3) is 0.500. The second kappa shape index (κ2) is 3.94. The molecule has 0 radical (unpaired) electrons. The van der Waals surface area contributed by atoms with E-state index in [2.05, 4.69) is 21.3 Å². The third kappa shape index (κ3) is 2.20. The summed E-state index contributed by atoms with van der Waals surface area (Å²) < 4.78 is 0. The highest BCUT2D eigenvalue weighted by Crippen LogP contribution is 1.89. The summed E-state index contributed by atoms with van der Waals surface area (Å²) in [6.07, 6.45) is 5.67. The van der Waals surface area contributed by atoms with Gasteiger partial charge in [0, 0.05) is 12.3 Å². The van der Waals surface area contributed by atoms with Crippen LogP contribution in [-0.2, 0) is 13.0 Å². The fourth-order valence-corrected chi connectivity index (χ4v) is 0.779. The lowest BCUT2D eigenvalue weighted by Crippen LogP contribution is -2.00. The van der Waals surface area contributed by atoms with Crippen LogP contribution in [0.2, 0.25) is 0 Å². The Kier molecular flexibility index (Phi) is 2.87. The van der Waals surface area contributed by atoms with Crippen molar-refractivity contribution in [1.29, 1.82) is 0 Å². The van der Waals surface area contributed by atoms with Crippen LogP contribution < -0.4 is 0 Å². The van der Waals surface area contributed by atoms with E-state index in [1.807, 2.05) is 0 Å². The van der Waals surface area contributed by atoms with Crippen LogP contribution in [0.3, 0.4) is 0 Å². The second-order valence-corrected chi connectivity index (χ2v) is 2.26. The van der Waals surface area contributed by atoms with Crippen molar-refractivity contribution in [3.63, 3.8) is 0 Å². The first-order valence-electron chi connectivity index (χ1n) is 3.13. The van der Waals surface area contributed by atoms with E-state index in [4.69, 9.17) is 18.0 Å². The lowest BCUT2D eigenvalue weighted by atomic mass is 10.5. The van der Waals surface area contributed by atoms with Gasteiger partial charge in [-0.3, -0.25) is 0 Å². The SMILES string of the molecule is C#CCn1nnc(CCCl)n1. The first-order valence-corrected chi connectivity index (χ1v) is 3.66. The minimum absolute atomic E-state index is 0.356. The van der Waals surface area contributed by atoms with Gasteiger partial charge in [0.1, 0.15) is 6.54 Å². The van der Waals surface area contributed by atoms with Gasteiger partial charge >= 0.3 is 0 Å². The molecule has 0 fully saturated rings. The minimum Gasteiger partial charge on any atom is -0.152 e. The van der Waals surface area contributed by atoms with E-state index in [0.29, 0.717) is 24.7 Å². The number of aryl methyl sites for hydroxylation is 1. The first kappa shape index (κ1) is 8.02. The van der Waals surface area contributed by atoms with E-state index in [0.717, 1.165) is 0 Å². The van der Waals surface area contributed by atoms with Crippen molar-refractivity contribution in [2.45, 2.75) is 13.0 Å². The second-order valence-electron chi connectivity index (χ2n) is 1.88. The summed E-state index contributed by atoms with van der Waals surface area (Å²) in [5.74, 6) is 3.54. The predicted molar refractivity (Wildman–Crippen MR) is 41.1 cm³/mol. The van der Waals surface area contributed by atoms with Crippen LogP contribution in [0.5, 0.6) is 0 Å². The molecule has 0 aliphatic heterocycles. The summed E-state index contributed by atoms with van der Waals surface area (Å²) >= 11 is 5.47. The molecule has 0 unspecified atom stereocenters. The van der Waals surface area contributed by atoms with Gasteiger partial charge in [-0.05, 0) is 5.21 Å². The average Bonchev–Trinajstić information content (AvgIpc) is 2.38.